The maximum Gasteiger partial charge on any atom is 0.416 e. The zero-order chi connectivity index (χ0) is 17.6. The van der Waals surface area contributed by atoms with Crippen LogP contribution in [0.1, 0.15) is 15.9 Å². The predicted octanol–water partition coefficient (Wildman–Crippen LogP) is 1.70. The number of carbonyl (C=O) groups is 1. The Bertz CT molecular complexity index is 587. The molecule has 25 heavy (non-hydrogen) atoms. The van der Waals surface area contributed by atoms with E-state index in [-0.39, 0.29) is 42.6 Å². The van der Waals surface area contributed by atoms with Crippen molar-refractivity contribution >= 4 is 35.8 Å². The number of halogens is 4. The Morgan fingerprint density at radius 2 is 1.84 bits per heavy atom. The lowest BCUT2D eigenvalue weighted by Crippen LogP contribution is -2.45. The number of ether oxygens (including phenoxy) is 1. The molecule has 140 valence electrons. The summed E-state index contributed by atoms with van der Waals surface area (Å²) in [4.78, 5) is 17.9. The minimum atomic E-state index is -4.42. The minimum Gasteiger partial charge on any atom is -0.378 e. The van der Waals surface area contributed by atoms with E-state index in [4.69, 9.17) is 10.5 Å². The van der Waals surface area contributed by atoms with E-state index in [0.29, 0.717) is 32.3 Å². The number of hydrogen-bond donors (Lipinski definition) is 2. The minimum absolute atomic E-state index is 0. The first-order valence-electron chi connectivity index (χ1n) is 7.46. The highest BCUT2D eigenvalue weighted by molar-refractivity contribution is 14.0. The highest BCUT2D eigenvalue weighted by Gasteiger charge is 2.30. The fourth-order valence-electron chi connectivity index (χ4n) is 2.14. The van der Waals surface area contributed by atoms with Crippen molar-refractivity contribution in [2.24, 2.45) is 10.7 Å². The van der Waals surface area contributed by atoms with Crippen LogP contribution >= 0.6 is 24.0 Å². The standard InChI is InChI=1S/C15H19F3N4O2.HI/c16-15(17,18)12-3-1-11(2-4-12)13(23)20-5-6-21-14(19)22-7-9-24-10-8-22;/h1-4H,5-10H2,(H2,19,21)(H,20,23);1H. The zero-order valence-electron chi connectivity index (χ0n) is 13.4. The topological polar surface area (TPSA) is 79.9 Å². The number of nitrogens with two attached hydrogens (primary N) is 1. The number of aliphatic imine (C=N–C) groups is 1. The van der Waals surface area contributed by atoms with Crippen LogP contribution in [0.25, 0.3) is 0 Å². The predicted molar refractivity (Wildman–Crippen MR) is 98.1 cm³/mol. The maximum atomic E-state index is 12.5. The largest absolute Gasteiger partial charge is 0.416 e. The molecule has 2 rings (SSSR count). The molecule has 1 saturated heterocycles. The molecular weight excluding hydrogens is 452 g/mol. The molecule has 0 spiro atoms. The van der Waals surface area contributed by atoms with Crippen molar-refractivity contribution in [3.05, 3.63) is 35.4 Å². The molecule has 0 bridgehead atoms. The molecule has 1 heterocycles. The van der Waals surface area contributed by atoms with Crippen molar-refractivity contribution in [2.45, 2.75) is 6.18 Å². The number of nitrogens with zero attached hydrogens (tertiary/aromatic N) is 2. The molecule has 0 aromatic heterocycles. The molecule has 3 N–H and O–H groups in total. The highest BCUT2D eigenvalue weighted by atomic mass is 127. The van der Waals surface area contributed by atoms with Gasteiger partial charge in [-0.1, -0.05) is 0 Å². The molecule has 1 aliphatic rings. The van der Waals surface area contributed by atoms with Gasteiger partial charge in [0, 0.05) is 25.2 Å². The molecule has 1 fully saturated rings. The molecule has 6 nitrogen and oxygen atoms in total. The van der Waals surface area contributed by atoms with Crippen molar-refractivity contribution in [1.29, 1.82) is 0 Å². The van der Waals surface area contributed by atoms with Gasteiger partial charge in [-0.15, -0.1) is 24.0 Å². The van der Waals surface area contributed by atoms with E-state index in [1.54, 1.807) is 0 Å². The van der Waals surface area contributed by atoms with Crippen molar-refractivity contribution in [3.63, 3.8) is 0 Å². The van der Waals surface area contributed by atoms with Crippen molar-refractivity contribution in [1.82, 2.24) is 10.2 Å². The van der Waals surface area contributed by atoms with Crippen LogP contribution in [0.4, 0.5) is 13.2 Å². The normalized spacial score (nSPS) is 15.5. The average Bonchev–Trinajstić information content (AvgIpc) is 2.58. The van der Waals surface area contributed by atoms with Crippen molar-refractivity contribution in [3.8, 4) is 0 Å². The van der Waals surface area contributed by atoms with E-state index in [0.717, 1.165) is 24.3 Å². The second-order valence-electron chi connectivity index (χ2n) is 5.17. The van der Waals surface area contributed by atoms with Gasteiger partial charge in [-0.3, -0.25) is 9.79 Å². The molecule has 1 amide bonds. The monoisotopic (exact) mass is 472 g/mol. The summed E-state index contributed by atoms with van der Waals surface area (Å²) in [5.41, 5.74) is 5.21. The average molecular weight is 472 g/mol. The van der Waals surface area contributed by atoms with E-state index in [2.05, 4.69) is 10.3 Å². The van der Waals surface area contributed by atoms with Crippen molar-refractivity contribution in [2.75, 3.05) is 39.4 Å². The second kappa shape index (κ2) is 9.80. The molecule has 0 aliphatic carbocycles. The number of hydrogen-bond acceptors (Lipinski definition) is 3. The van der Waals surface area contributed by atoms with Crippen LogP contribution in [0, 0.1) is 0 Å². The Morgan fingerprint density at radius 3 is 2.40 bits per heavy atom. The summed E-state index contributed by atoms with van der Waals surface area (Å²) in [7, 11) is 0. The van der Waals surface area contributed by atoms with Gasteiger partial charge in [0.05, 0.1) is 25.3 Å². The van der Waals surface area contributed by atoms with Gasteiger partial charge < -0.3 is 20.7 Å². The van der Waals surface area contributed by atoms with Gasteiger partial charge in [0.2, 0.25) is 0 Å². The lowest BCUT2D eigenvalue weighted by atomic mass is 10.1. The Morgan fingerprint density at radius 1 is 1.24 bits per heavy atom. The van der Waals surface area contributed by atoms with E-state index in [9.17, 15) is 18.0 Å². The number of guanidine groups is 1. The zero-order valence-corrected chi connectivity index (χ0v) is 15.7. The first-order chi connectivity index (χ1) is 11.4. The van der Waals surface area contributed by atoms with Crippen molar-refractivity contribution < 1.29 is 22.7 Å². The van der Waals surface area contributed by atoms with Crippen LogP contribution in [-0.4, -0.2) is 56.2 Å². The molecule has 1 aromatic rings. The third-order valence-electron chi connectivity index (χ3n) is 3.48. The molecule has 1 aliphatic heterocycles. The van der Waals surface area contributed by atoms with Gasteiger partial charge >= 0.3 is 6.18 Å². The second-order valence-corrected chi connectivity index (χ2v) is 5.17. The lowest BCUT2D eigenvalue weighted by Gasteiger charge is -2.27. The molecule has 1 aromatic carbocycles. The van der Waals surface area contributed by atoms with Gasteiger partial charge in [-0.2, -0.15) is 13.2 Å². The van der Waals surface area contributed by atoms with Crippen LogP contribution in [0.15, 0.2) is 29.3 Å². The number of alkyl halides is 3. The summed E-state index contributed by atoms with van der Waals surface area (Å²) in [5.74, 6) is -0.0639. The van der Waals surface area contributed by atoms with Gasteiger partial charge in [0.15, 0.2) is 5.96 Å². The SMILES string of the molecule is I.NC(=NCCNC(=O)c1ccc(C(F)(F)F)cc1)N1CCOCC1. The third-order valence-corrected chi connectivity index (χ3v) is 3.48. The van der Waals surface area contributed by atoms with Crippen LogP contribution in [0.5, 0.6) is 0 Å². The molecule has 10 heteroatoms. The highest BCUT2D eigenvalue weighted by Crippen LogP contribution is 2.28. The summed E-state index contributed by atoms with van der Waals surface area (Å²) >= 11 is 0. The van der Waals surface area contributed by atoms with Crippen LogP contribution in [0.2, 0.25) is 0 Å². The number of carbonyl (C=O) groups excluding carboxylic acids is 1. The number of morpholine rings is 1. The summed E-state index contributed by atoms with van der Waals surface area (Å²) in [6.45, 7) is 3.07. The first-order valence-corrected chi connectivity index (χ1v) is 7.46. The molecule has 0 radical (unpaired) electrons. The van der Waals surface area contributed by atoms with Gasteiger partial charge in [0.1, 0.15) is 0 Å². The van der Waals surface area contributed by atoms with E-state index in [1.807, 2.05) is 4.90 Å². The van der Waals surface area contributed by atoms with E-state index >= 15 is 0 Å². The Hall–Kier alpha value is -1.56. The Kier molecular flexibility index (Phi) is 8.42. The van der Waals surface area contributed by atoms with Crippen LogP contribution in [0.3, 0.4) is 0 Å². The molecule has 0 saturated carbocycles. The van der Waals surface area contributed by atoms with Crippen LogP contribution in [-0.2, 0) is 10.9 Å². The smallest absolute Gasteiger partial charge is 0.378 e. The molecule has 0 unspecified atom stereocenters. The Labute approximate surface area is 160 Å². The number of benzene rings is 1. The molecular formula is C15H20F3IN4O2. The Balaban J connectivity index is 0.00000312. The first kappa shape index (κ1) is 21.5. The maximum absolute atomic E-state index is 12.5. The summed E-state index contributed by atoms with van der Waals surface area (Å²) in [6.07, 6.45) is -4.42. The fraction of sp³-hybridized carbons (Fsp3) is 0.467. The van der Waals surface area contributed by atoms with E-state index in [1.165, 1.54) is 0 Å². The van der Waals surface area contributed by atoms with Crippen LogP contribution < -0.4 is 11.1 Å². The number of rotatable bonds is 4. The lowest BCUT2D eigenvalue weighted by molar-refractivity contribution is -0.137. The summed E-state index contributed by atoms with van der Waals surface area (Å²) < 4.78 is 42.6. The summed E-state index contributed by atoms with van der Waals surface area (Å²) in [6, 6.07) is 4.04. The van der Waals surface area contributed by atoms with Gasteiger partial charge in [-0.05, 0) is 24.3 Å². The van der Waals surface area contributed by atoms with E-state index < -0.39 is 17.6 Å². The fourth-order valence-corrected chi connectivity index (χ4v) is 2.14. The van der Waals surface area contributed by atoms with Gasteiger partial charge in [-0.25, -0.2) is 0 Å². The molecule has 0 atom stereocenters. The number of amides is 1. The summed E-state index contributed by atoms with van der Waals surface area (Å²) in [5, 5.41) is 2.59. The quantitative estimate of drug-likeness (QED) is 0.303. The third kappa shape index (κ3) is 6.69. The number of nitrogens with one attached hydrogen (secondary N) is 1. The van der Waals surface area contributed by atoms with Gasteiger partial charge in [0.25, 0.3) is 5.91 Å².